The highest BCUT2D eigenvalue weighted by Gasteiger charge is 2.21. The molecule has 2 aromatic rings. The first-order valence-corrected chi connectivity index (χ1v) is 8.88. The molecule has 15 nitrogen and oxygen atoms in total. The number of nitro benzene ring substituents is 4. The smallest absolute Gasteiger partial charge is 0.338 e. The molecule has 2 aromatic carbocycles. The van der Waals surface area contributed by atoms with Gasteiger partial charge in [0, 0.05) is 24.7 Å². The summed E-state index contributed by atoms with van der Waals surface area (Å²) in [6.07, 6.45) is 0.688. The van der Waals surface area contributed by atoms with Crippen molar-refractivity contribution < 1.29 is 29.2 Å². The number of esters is 1. The molecule has 168 valence electrons. The lowest BCUT2D eigenvalue weighted by molar-refractivity contribution is -0.394. The molecule has 0 spiro atoms. The van der Waals surface area contributed by atoms with Crippen LogP contribution in [0.25, 0.3) is 0 Å². The predicted octanol–water partition coefficient (Wildman–Crippen LogP) is 3.37. The van der Waals surface area contributed by atoms with E-state index in [9.17, 15) is 45.3 Å². The van der Waals surface area contributed by atoms with E-state index in [0.29, 0.717) is 12.8 Å². The summed E-state index contributed by atoms with van der Waals surface area (Å²) in [5.74, 6) is -0.976. The Labute approximate surface area is 178 Å². The third-order valence-corrected chi connectivity index (χ3v) is 4.07. The average Bonchev–Trinajstić information content (AvgIpc) is 2.75. The van der Waals surface area contributed by atoms with Crippen molar-refractivity contribution in [1.29, 1.82) is 0 Å². The zero-order chi connectivity index (χ0) is 23.8. The number of non-ortho nitro benzene ring substituents is 3. The first kappa shape index (κ1) is 23.6. The monoisotopic (exact) mass is 449 g/mol. The number of nitro groups is 4. The molecule has 2 rings (SSSR count). The Morgan fingerprint density at radius 3 is 1.91 bits per heavy atom. The topological polar surface area (TPSA) is 211 Å². The fraction of sp³-hybridized carbons (Fsp3) is 0.235. The van der Waals surface area contributed by atoms with Gasteiger partial charge in [-0.25, -0.2) is 4.79 Å². The van der Waals surface area contributed by atoms with Crippen LogP contribution in [0, 0.1) is 40.5 Å². The van der Waals surface area contributed by atoms with Crippen molar-refractivity contribution in [3.63, 3.8) is 0 Å². The maximum Gasteiger partial charge on any atom is 0.338 e. The number of nitrogens with one attached hydrogen (secondary N) is 1. The molecule has 0 fully saturated rings. The summed E-state index contributed by atoms with van der Waals surface area (Å²) in [5, 5.41) is 46.3. The number of nitrogens with zero attached hydrogens (tertiary/aromatic N) is 4. The Balaban J connectivity index is 1.88. The summed E-state index contributed by atoms with van der Waals surface area (Å²) in [7, 11) is 0. The summed E-state index contributed by atoms with van der Waals surface area (Å²) < 4.78 is 4.96. The second kappa shape index (κ2) is 10.4. The summed E-state index contributed by atoms with van der Waals surface area (Å²) in [6.45, 7) is 0.109. The number of carbonyl (C=O) groups excluding carboxylic acids is 1. The van der Waals surface area contributed by atoms with Crippen molar-refractivity contribution in [2.75, 3.05) is 18.5 Å². The molecule has 0 aliphatic rings. The van der Waals surface area contributed by atoms with Crippen molar-refractivity contribution in [1.82, 2.24) is 0 Å². The van der Waals surface area contributed by atoms with E-state index < -0.39 is 48.4 Å². The summed E-state index contributed by atoms with van der Waals surface area (Å²) in [5.41, 5.74) is -2.39. The van der Waals surface area contributed by atoms with Gasteiger partial charge in [-0.05, 0) is 18.9 Å². The van der Waals surface area contributed by atoms with Gasteiger partial charge in [0.1, 0.15) is 5.69 Å². The number of rotatable bonds is 11. The van der Waals surface area contributed by atoms with Crippen molar-refractivity contribution in [3.8, 4) is 0 Å². The minimum Gasteiger partial charge on any atom is -0.462 e. The lowest BCUT2D eigenvalue weighted by Gasteiger charge is -2.08. The maximum atomic E-state index is 12.0. The van der Waals surface area contributed by atoms with E-state index in [4.69, 9.17) is 4.74 Å². The lowest BCUT2D eigenvalue weighted by atomic mass is 10.2. The number of ether oxygens (including phenoxy) is 1. The van der Waals surface area contributed by atoms with E-state index in [1.165, 1.54) is 6.07 Å². The van der Waals surface area contributed by atoms with Gasteiger partial charge < -0.3 is 10.1 Å². The summed E-state index contributed by atoms with van der Waals surface area (Å²) >= 11 is 0. The molecule has 15 heteroatoms. The zero-order valence-electron chi connectivity index (χ0n) is 16.2. The Morgan fingerprint density at radius 1 is 0.781 bits per heavy atom. The van der Waals surface area contributed by atoms with Crippen molar-refractivity contribution in [2.24, 2.45) is 0 Å². The van der Waals surface area contributed by atoms with Crippen LogP contribution in [0.5, 0.6) is 0 Å². The van der Waals surface area contributed by atoms with Crippen LogP contribution in [0.2, 0.25) is 0 Å². The largest absolute Gasteiger partial charge is 0.462 e. The number of hydrogen-bond donors (Lipinski definition) is 1. The Kier molecular flexibility index (Phi) is 7.65. The third-order valence-electron chi connectivity index (χ3n) is 4.07. The van der Waals surface area contributed by atoms with Crippen LogP contribution >= 0.6 is 0 Å². The number of unbranched alkanes of at least 4 members (excludes halogenated alkanes) is 1. The van der Waals surface area contributed by atoms with Crippen LogP contribution in [0.15, 0.2) is 36.4 Å². The molecule has 0 aromatic heterocycles. The van der Waals surface area contributed by atoms with Gasteiger partial charge in [0.05, 0.1) is 44.0 Å². The molecule has 0 unspecified atom stereocenters. The molecule has 0 saturated carbocycles. The number of anilines is 1. The van der Waals surface area contributed by atoms with Gasteiger partial charge in [-0.15, -0.1) is 0 Å². The van der Waals surface area contributed by atoms with Crippen LogP contribution in [0.1, 0.15) is 23.2 Å². The van der Waals surface area contributed by atoms with E-state index in [1.807, 2.05) is 0 Å². The lowest BCUT2D eigenvalue weighted by Crippen LogP contribution is -2.10. The highest BCUT2D eigenvalue weighted by atomic mass is 16.6. The van der Waals surface area contributed by atoms with E-state index >= 15 is 0 Å². The highest BCUT2D eigenvalue weighted by molar-refractivity contribution is 5.91. The molecule has 32 heavy (non-hydrogen) atoms. The standard InChI is InChI=1S/C17H15N5O10/c23-17(11-7-13(20(26)27)9-14(8-11)21(28)29)32-6-2-1-5-18-15-4-3-12(19(24)25)10-16(15)22(30)31/h3-4,7-10,18H,1-2,5-6H2. The fourth-order valence-corrected chi connectivity index (χ4v) is 2.56. The van der Waals surface area contributed by atoms with E-state index in [0.717, 1.165) is 30.3 Å². The molecule has 0 aliphatic carbocycles. The van der Waals surface area contributed by atoms with Crippen LogP contribution in [-0.2, 0) is 4.74 Å². The van der Waals surface area contributed by atoms with Crippen molar-refractivity contribution in [3.05, 3.63) is 82.4 Å². The third kappa shape index (κ3) is 6.15. The number of benzene rings is 2. The van der Waals surface area contributed by atoms with Gasteiger partial charge in [0.15, 0.2) is 0 Å². The van der Waals surface area contributed by atoms with Crippen molar-refractivity contribution >= 4 is 34.4 Å². The van der Waals surface area contributed by atoms with Crippen molar-refractivity contribution in [2.45, 2.75) is 12.8 Å². The van der Waals surface area contributed by atoms with Gasteiger partial charge in [-0.1, -0.05) is 0 Å². The van der Waals surface area contributed by atoms with Gasteiger partial charge >= 0.3 is 5.97 Å². The average molecular weight is 449 g/mol. The second-order valence-corrected chi connectivity index (χ2v) is 6.24. The zero-order valence-corrected chi connectivity index (χ0v) is 16.2. The van der Waals surface area contributed by atoms with Crippen LogP contribution < -0.4 is 5.32 Å². The molecule has 0 bridgehead atoms. The quantitative estimate of drug-likeness (QED) is 0.227. The Bertz CT molecular complexity index is 1060. The summed E-state index contributed by atoms with van der Waals surface area (Å²) in [6, 6.07) is 5.62. The first-order chi connectivity index (χ1) is 15.1. The Morgan fingerprint density at radius 2 is 1.38 bits per heavy atom. The molecule has 0 heterocycles. The van der Waals surface area contributed by atoms with Crippen LogP contribution in [0.4, 0.5) is 28.4 Å². The number of carbonyl (C=O) groups is 1. The normalized spacial score (nSPS) is 10.2. The first-order valence-electron chi connectivity index (χ1n) is 8.88. The van der Waals surface area contributed by atoms with E-state index in [2.05, 4.69) is 5.32 Å². The molecular weight excluding hydrogens is 434 g/mol. The molecule has 0 radical (unpaired) electrons. The molecule has 1 N–H and O–H groups in total. The summed E-state index contributed by atoms with van der Waals surface area (Å²) in [4.78, 5) is 52.3. The minimum atomic E-state index is -0.976. The number of hydrogen-bond acceptors (Lipinski definition) is 11. The van der Waals surface area contributed by atoms with Gasteiger partial charge in [0.2, 0.25) is 0 Å². The fourth-order valence-electron chi connectivity index (χ4n) is 2.56. The highest BCUT2D eigenvalue weighted by Crippen LogP contribution is 2.29. The predicted molar refractivity (Wildman–Crippen MR) is 108 cm³/mol. The van der Waals surface area contributed by atoms with Gasteiger partial charge in [-0.3, -0.25) is 40.5 Å². The Hall–Kier alpha value is -4.69. The minimum absolute atomic E-state index is 0.0847. The molecule has 0 aliphatic heterocycles. The molecular formula is C17H15N5O10. The molecule has 0 saturated heterocycles. The van der Waals surface area contributed by atoms with Crippen LogP contribution in [-0.4, -0.2) is 38.8 Å². The van der Waals surface area contributed by atoms with Gasteiger partial charge in [-0.2, -0.15) is 0 Å². The maximum absolute atomic E-state index is 12.0. The molecule has 0 amide bonds. The van der Waals surface area contributed by atoms with Gasteiger partial charge in [0.25, 0.3) is 22.7 Å². The van der Waals surface area contributed by atoms with E-state index in [-0.39, 0.29) is 24.4 Å². The second-order valence-electron chi connectivity index (χ2n) is 6.24. The molecule has 0 atom stereocenters. The van der Waals surface area contributed by atoms with Crippen LogP contribution in [0.3, 0.4) is 0 Å². The SMILES string of the molecule is O=C(OCCCCNc1ccc([N+](=O)[O-])cc1[N+](=O)[O-])c1cc([N+](=O)[O-])cc([N+](=O)[O-])c1. The van der Waals surface area contributed by atoms with E-state index in [1.54, 1.807) is 0 Å².